The van der Waals surface area contributed by atoms with Gasteiger partial charge < -0.3 is 20.1 Å². The molecule has 6 nitrogen and oxygen atoms in total. The molecule has 0 spiro atoms. The van der Waals surface area contributed by atoms with Gasteiger partial charge in [0.25, 0.3) is 0 Å². The summed E-state index contributed by atoms with van der Waals surface area (Å²) in [6.45, 7) is 15.5. The zero-order chi connectivity index (χ0) is 26.9. The predicted molar refractivity (Wildman–Crippen MR) is 163 cm³/mol. The fourth-order valence-electron chi connectivity index (χ4n) is 6.47. The largest absolute Gasteiger partial charge is 0.374 e. The van der Waals surface area contributed by atoms with Crippen molar-refractivity contribution in [3.8, 4) is 0 Å². The van der Waals surface area contributed by atoms with Crippen LogP contribution in [0.1, 0.15) is 64.0 Å². The van der Waals surface area contributed by atoms with Gasteiger partial charge in [0.15, 0.2) is 0 Å². The Balaban J connectivity index is 1.51. The molecule has 7 heteroatoms. The Morgan fingerprint density at radius 3 is 2.63 bits per heavy atom. The van der Waals surface area contributed by atoms with E-state index in [1.807, 2.05) is 11.8 Å². The number of para-hydroxylation sites is 1. The normalized spacial score (nSPS) is 20.2. The van der Waals surface area contributed by atoms with Crippen molar-refractivity contribution in [3.05, 3.63) is 48.3 Å². The molecular weight excluding hydrogens is 490 g/mol. The van der Waals surface area contributed by atoms with Gasteiger partial charge >= 0.3 is 0 Å². The molecule has 2 fully saturated rings. The lowest BCUT2D eigenvalue weighted by atomic mass is 9.94. The SMILES string of the molecule is C=C(C(CCC)CCC)N1CCCN([C@H](CCSC)C(=O)N2CCNCC2c2c[nH]c3ccccc23)CC1. The fraction of sp³-hybridized carbons (Fsp3) is 0.645. The third-order valence-corrected chi connectivity index (χ3v) is 9.15. The molecule has 2 saturated heterocycles. The summed E-state index contributed by atoms with van der Waals surface area (Å²) >= 11 is 1.84. The van der Waals surface area contributed by atoms with Crippen LogP contribution in [0.15, 0.2) is 42.7 Å². The second-order valence-electron chi connectivity index (χ2n) is 11.0. The minimum Gasteiger partial charge on any atom is -0.374 e. The number of nitrogens with one attached hydrogen (secondary N) is 2. The number of aromatic amines is 1. The molecule has 3 heterocycles. The third-order valence-electron chi connectivity index (χ3n) is 8.51. The van der Waals surface area contributed by atoms with Crippen LogP contribution < -0.4 is 5.32 Å². The van der Waals surface area contributed by atoms with Crippen LogP contribution >= 0.6 is 11.8 Å². The molecule has 1 aromatic heterocycles. The maximum atomic E-state index is 14.4. The Bertz CT molecular complexity index is 1030. The van der Waals surface area contributed by atoms with E-state index in [1.54, 1.807) is 0 Å². The van der Waals surface area contributed by atoms with E-state index in [0.717, 1.165) is 69.9 Å². The van der Waals surface area contributed by atoms with Gasteiger partial charge in [-0.15, -0.1) is 0 Å². The third kappa shape index (κ3) is 6.78. The van der Waals surface area contributed by atoms with E-state index in [2.05, 4.69) is 82.1 Å². The Morgan fingerprint density at radius 2 is 1.87 bits per heavy atom. The molecule has 4 rings (SSSR count). The average molecular weight is 540 g/mol. The van der Waals surface area contributed by atoms with Crippen LogP contribution in [0, 0.1) is 5.92 Å². The molecule has 0 aliphatic carbocycles. The van der Waals surface area contributed by atoms with Crippen molar-refractivity contribution >= 4 is 28.6 Å². The fourth-order valence-corrected chi connectivity index (χ4v) is 6.93. The molecule has 2 atom stereocenters. The van der Waals surface area contributed by atoms with E-state index in [1.165, 1.54) is 42.3 Å². The van der Waals surface area contributed by atoms with Crippen molar-refractivity contribution in [3.63, 3.8) is 0 Å². The number of nitrogens with zero attached hydrogens (tertiary/aromatic N) is 3. The molecule has 1 aromatic carbocycles. The molecule has 0 saturated carbocycles. The molecule has 2 aromatic rings. The van der Waals surface area contributed by atoms with Crippen molar-refractivity contribution in [1.82, 2.24) is 25.0 Å². The van der Waals surface area contributed by atoms with Crippen LogP contribution in [0.25, 0.3) is 10.9 Å². The van der Waals surface area contributed by atoms with Gasteiger partial charge in [-0.25, -0.2) is 0 Å². The second-order valence-corrected chi connectivity index (χ2v) is 12.0. The van der Waals surface area contributed by atoms with Crippen LogP contribution in [0.4, 0.5) is 0 Å². The highest BCUT2D eigenvalue weighted by Crippen LogP contribution is 2.31. The first-order valence-corrected chi connectivity index (χ1v) is 16.2. The summed E-state index contributed by atoms with van der Waals surface area (Å²) in [5, 5.41) is 4.77. The highest BCUT2D eigenvalue weighted by molar-refractivity contribution is 7.98. The van der Waals surface area contributed by atoms with Crippen molar-refractivity contribution in [1.29, 1.82) is 0 Å². The molecule has 0 radical (unpaired) electrons. The zero-order valence-corrected chi connectivity index (χ0v) is 24.7. The van der Waals surface area contributed by atoms with Gasteiger partial charge in [0.1, 0.15) is 0 Å². The maximum absolute atomic E-state index is 14.4. The summed E-state index contributed by atoms with van der Waals surface area (Å²) < 4.78 is 0. The first kappa shape index (κ1) is 29.0. The first-order chi connectivity index (χ1) is 18.6. The Kier molecular flexibility index (Phi) is 11.0. The summed E-state index contributed by atoms with van der Waals surface area (Å²) in [5.74, 6) is 1.89. The summed E-state index contributed by atoms with van der Waals surface area (Å²) in [5.41, 5.74) is 3.68. The van der Waals surface area contributed by atoms with Gasteiger partial charge in [-0.2, -0.15) is 11.8 Å². The lowest BCUT2D eigenvalue weighted by Crippen LogP contribution is -2.56. The second kappa shape index (κ2) is 14.4. The minimum absolute atomic E-state index is 0.0521. The van der Waals surface area contributed by atoms with E-state index in [0.29, 0.717) is 11.8 Å². The molecule has 2 aliphatic heterocycles. The predicted octanol–water partition coefficient (Wildman–Crippen LogP) is 5.50. The minimum atomic E-state index is -0.0662. The molecule has 2 N–H and O–H groups in total. The summed E-state index contributed by atoms with van der Waals surface area (Å²) in [4.78, 5) is 25.0. The van der Waals surface area contributed by atoms with Gasteiger partial charge in [-0.05, 0) is 49.7 Å². The number of benzene rings is 1. The Morgan fingerprint density at radius 1 is 1.08 bits per heavy atom. The molecule has 38 heavy (non-hydrogen) atoms. The topological polar surface area (TPSA) is 54.6 Å². The van der Waals surface area contributed by atoms with Gasteiger partial charge in [-0.3, -0.25) is 9.69 Å². The number of allylic oxidation sites excluding steroid dienone is 1. The van der Waals surface area contributed by atoms with E-state index in [4.69, 9.17) is 0 Å². The number of fused-ring (bicyclic) bond motifs is 1. The molecule has 1 unspecified atom stereocenters. The highest BCUT2D eigenvalue weighted by Gasteiger charge is 2.36. The standard InChI is InChI=1S/C31H49N5OS/c1-5-10-25(11-6-2)24(3)34-16-9-17-35(20-19-34)29(14-21-38-4)31(37)36-18-15-32-23-30(36)27-22-33-28-13-8-7-12-26(27)28/h7-8,12-13,22,25,29-30,32-33H,3,5-6,9-11,14-21,23H2,1-2,4H3/t29-,30?/m1/s1. The molecule has 0 bridgehead atoms. The van der Waals surface area contributed by atoms with Crippen LogP contribution in [-0.2, 0) is 4.79 Å². The zero-order valence-electron chi connectivity index (χ0n) is 23.9. The van der Waals surface area contributed by atoms with Crippen molar-refractivity contribution in [2.24, 2.45) is 5.92 Å². The lowest BCUT2D eigenvalue weighted by Gasteiger charge is -2.41. The van der Waals surface area contributed by atoms with Crippen LogP contribution in [0.3, 0.4) is 0 Å². The van der Waals surface area contributed by atoms with Gasteiger partial charge in [0.05, 0.1) is 12.1 Å². The molecule has 210 valence electrons. The molecule has 1 amide bonds. The van der Waals surface area contributed by atoms with E-state index >= 15 is 0 Å². The van der Waals surface area contributed by atoms with Gasteiger partial charge in [-0.1, -0.05) is 51.5 Å². The number of carbonyl (C=O) groups is 1. The number of hydrogen-bond donors (Lipinski definition) is 2. The van der Waals surface area contributed by atoms with Crippen LogP contribution in [0.2, 0.25) is 0 Å². The van der Waals surface area contributed by atoms with Crippen LogP contribution in [0.5, 0.6) is 0 Å². The number of H-pyrrole nitrogens is 1. The molecule has 2 aliphatic rings. The van der Waals surface area contributed by atoms with Crippen LogP contribution in [-0.4, -0.2) is 89.5 Å². The van der Waals surface area contributed by atoms with E-state index in [-0.39, 0.29) is 12.1 Å². The van der Waals surface area contributed by atoms with E-state index in [9.17, 15) is 4.79 Å². The molecular formula is C31H49N5OS. The van der Waals surface area contributed by atoms with E-state index < -0.39 is 0 Å². The van der Waals surface area contributed by atoms with Gasteiger partial charge in [0, 0.05) is 74.2 Å². The number of rotatable bonds is 12. The quantitative estimate of drug-likeness (QED) is 0.373. The smallest absolute Gasteiger partial charge is 0.240 e. The Labute approximate surface area is 234 Å². The lowest BCUT2D eigenvalue weighted by molar-refractivity contribution is -0.140. The monoisotopic (exact) mass is 539 g/mol. The van der Waals surface area contributed by atoms with Crippen molar-refractivity contribution in [2.45, 2.75) is 64.5 Å². The summed E-state index contributed by atoms with van der Waals surface area (Å²) in [7, 11) is 0. The number of piperazine rings is 1. The number of thioether (sulfide) groups is 1. The van der Waals surface area contributed by atoms with Gasteiger partial charge in [0.2, 0.25) is 5.91 Å². The average Bonchev–Trinajstić information content (AvgIpc) is 3.22. The van der Waals surface area contributed by atoms with Crippen molar-refractivity contribution < 1.29 is 4.79 Å². The summed E-state index contributed by atoms with van der Waals surface area (Å²) in [6, 6.07) is 8.42. The maximum Gasteiger partial charge on any atom is 0.240 e. The highest BCUT2D eigenvalue weighted by atomic mass is 32.2. The van der Waals surface area contributed by atoms with Crippen molar-refractivity contribution in [2.75, 3.05) is 57.8 Å². The number of aromatic nitrogens is 1. The number of hydrogen-bond acceptors (Lipinski definition) is 5. The first-order valence-electron chi connectivity index (χ1n) is 14.8. The number of amides is 1. The number of carbonyl (C=O) groups excluding carboxylic acids is 1. The Hall–Kier alpha value is -1.96. The summed E-state index contributed by atoms with van der Waals surface area (Å²) in [6.07, 6.45) is 11.1.